The van der Waals surface area contributed by atoms with Gasteiger partial charge in [-0.25, -0.2) is 0 Å². The van der Waals surface area contributed by atoms with Gasteiger partial charge in [-0.3, -0.25) is 4.79 Å². The topological polar surface area (TPSA) is 55.1 Å². The summed E-state index contributed by atoms with van der Waals surface area (Å²) in [6, 6.07) is 7.74. The van der Waals surface area contributed by atoms with Gasteiger partial charge in [0.1, 0.15) is 0 Å². The van der Waals surface area contributed by atoms with E-state index in [1.165, 1.54) is 0 Å². The summed E-state index contributed by atoms with van der Waals surface area (Å²) in [5.74, 6) is 0.0688. The van der Waals surface area contributed by atoms with E-state index in [1.54, 1.807) is 0 Å². The molecule has 0 saturated heterocycles. The van der Waals surface area contributed by atoms with E-state index in [2.05, 4.69) is 17.5 Å². The van der Waals surface area contributed by atoms with Crippen molar-refractivity contribution in [2.75, 3.05) is 5.73 Å². The van der Waals surface area contributed by atoms with E-state index in [-0.39, 0.29) is 11.9 Å². The molecular formula is C13H16N2O. The molecule has 1 amide bonds. The molecule has 3 N–H and O–H groups in total. The van der Waals surface area contributed by atoms with Gasteiger partial charge in [0.25, 0.3) is 0 Å². The Morgan fingerprint density at radius 1 is 1.38 bits per heavy atom. The van der Waals surface area contributed by atoms with Crippen molar-refractivity contribution in [2.24, 2.45) is 0 Å². The Hall–Kier alpha value is -1.77. The Balaban J connectivity index is 1.87. The van der Waals surface area contributed by atoms with Crippen molar-refractivity contribution in [2.45, 2.75) is 25.3 Å². The second-order valence-electron chi connectivity index (χ2n) is 4.13. The van der Waals surface area contributed by atoms with Crippen LogP contribution >= 0.6 is 0 Å². The first-order chi connectivity index (χ1) is 7.74. The lowest BCUT2D eigenvalue weighted by Gasteiger charge is -2.11. The van der Waals surface area contributed by atoms with Crippen LogP contribution in [-0.4, -0.2) is 11.9 Å². The molecule has 0 saturated carbocycles. The monoisotopic (exact) mass is 216 g/mol. The van der Waals surface area contributed by atoms with Gasteiger partial charge >= 0.3 is 0 Å². The highest BCUT2D eigenvalue weighted by atomic mass is 16.1. The lowest BCUT2D eigenvalue weighted by atomic mass is 10.1. The molecule has 0 fully saturated rings. The van der Waals surface area contributed by atoms with Crippen LogP contribution in [0.4, 0.5) is 5.69 Å². The number of carbonyl (C=O) groups is 1. The number of carbonyl (C=O) groups excluding carboxylic acids is 1. The van der Waals surface area contributed by atoms with E-state index < -0.39 is 0 Å². The molecule has 0 atom stereocenters. The molecule has 1 aliphatic carbocycles. The van der Waals surface area contributed by atoms with Crippen LogP contribution in [0.5, 0.6) is 0 Å². The largest absolute Gasteiger partial charge is 0.399 e. The van der Waals surface area contributed by atoms with Crippen LogP contribution in [0, 0.1) is 0 Å². The Kier molecular flexibility index (Phi) is 3.25. The molecular weight excluding hydrogens is 200 g/mol. The van der Waals surface area contributed by atoms with E-state index in [0.29, 0.717) is 12.1 Å². The summed E-state index contributed by atoms with van der Waals surface area (Å²) >= 11 is 0. The van der Waals surface area contributed by atoms with Gasteiger partial charge in [-0.15, -0.1) is 0 Å². The van der Waals surface area contributed by atoms with E-state index >= 15 is 0 Å². The smallest absolute Gasteiger partial charge is 0.224 e. The van der Waals surface area contributed by atoms with Crippen LogP contribution in [0.25, 0.3) is 0 Å². The van der Waals surface area contributed by atoms with Crippen molar-refractivity contribution in [3.05, 3.63) is 42.0 Å². The molecule has 0 aliphatic heterocycles. The summed E-state index contributed by atoms with van der Waals surface area (Å²) in [4.78, 5) is 11.7. The fraction of sp³-hybridized carbons (Fsp3) is 0.308. The number of benzene rings is 1. The van der Waals surface area contributed by atoms with Gasteiger partial charge in [0, 0.05) is 11.7 Å². The minimum atomic E-state index is 0.0688. The average molecular weight is 216 g/mol. The van der Waals surface area contributed by atoms with E-state index in [0.717, 1.165) is 18.4 Å². The average Bonchev–Trinajstić information content (AvgIpc) is 2.70. The summed E-state index contributed by atoms with van der Waals surface area (Å²) in [5.41, 5.74) is 7.32. The zero-order valence-electron chi connectivity index (χ0n) is 9.15. The van der Waals surface area contributed by atoms with Gasteiger partial charge < -0.3 is 11.1 Å². The minimum absolute atomic E-state index is 0.0688. The number of nitrogens with two attached hydrogens (primary N) is 1. The van der Waals surface area contributed by atoms with Crippen LogP contribution in [-0.2, 0) is 11.2 Å². The van der Waals surface area contributed by atoms with Crippen molar-refractivity contribution in [3.8, 4) is 0 Å². The van der Waals surface area contributed by atoms with Crippen molar-refractivity contribution in [1.82, 2.24) is 5.32 Å². The molecule has 0 radical (unpaired) electrons. The zero-order chi connectivity index (χ0) is 11.4. The normalized spacial score (nSPS) is 15.2. The molecule has 84 valence electrons. The molecule has 0 heterocycles. The van der Waals surface area contributed by atoms with Crippen LogP contribution in [0.1, 0.15) is 18.4 Å². The summed E-state index contributed by atoms with van der Waals surface area (Å²) in [7, 11) is 0. The first kappa shape index (κ1) is 10.7. The fourth-order valence-corrected chi connectivity index (χ4v) is 1.90. The molecule has 1 aromatic carbocycles. The zero-order valence-corrected chi connectivity index (χ0v) is 9.15. The van der Waals surface area contributed by atoms with Gasteiger partial charge in [0.2, 0.25) is 5.91 Å². The molecule has 1 aliphatic rings. The van der Waals surface area contributed by atoms with Crippen LogP contribution in [0.3, 0.4) is 0 Å². The molecule has 0 aromatic heterocycles. The molecule has 3 nitrogen and oxygen atoms in total. The number of hydrogen-bond acceptors (Lipinski definition) is 2. The minimum Gasteiger partial charge on any atom is -0.399 e. The third-order valence-electron chi connectivity index (χ3n) is 2.69. The summed E-state index contributed by atoms with van der Waals surface area (Å²) in [5, 5.41) is 3.00. The molecule has 2 rings (SSSR count). The highest BCUT2D eigenvalue weighted by Gasteiger charge is 2.13. The number of nitrogens with one attached hydrogen (secondary N) is 1. The summed E-state index contributed by atoms with van der Waals surface area (Å²) < 4.78 is 0. The fourth-order valence-electron chi connectivity index (χ4n) is 1.90. The van der Waals surface area contributed by atoms with Gasteiger partial charge in [0.05, 0.1) is 6.42 Å². The van der Waals surface area contributed by atoms with E-state index in [9.17, 15) is 4.79 Å². The molecule has 3 heteroatoms. The van der Waals surface area contributed by atoms with Gasteiger partial charge in [0.15, 0.2) is 0 Å². The number of amides is 1. The Morgan fingerprint density at radius 3 is 2.81 bits per heavy atom. The predicted molar refractivity (Wildman–Crippen MR) is 64.9 cm³/mol. The maximum atomic E-state index is 11.7. The summed E-state index contributed by atoms with van der Waals surface area (Å²) in [6.07, 6.45) is 6.50. The van der Waals surface area contributed by atoms with Gasteiger partial charge in [-0.05, 0) is 30.5 Å². The van der Waals surface area contributed by atoms with E-state index in [1.807, 2.05) is 24.3 Å². The molecule has 0 bridgehead atoms. The molecule has 1 aromatic rings. The van der Waals surface area contributed by atoms with Gasteiger partial charge in [-0.1, -0.05) is 24.3 Å². The molecule has 16 heavy (non-hydrogen) atoms. The SMILES string of the molecule is Nc1cccc(CC(=O)NC2CC=CC2)c1. The maximum Gasteiger partial charge on any atom is 0.224 e. The van der Waals surface area contributed by atoms with Crippen molar-refractivity contribution < 1.29 is 4.79 Å². The first-order valence-corrected chi connectivity index (χ1v) is 5.53. The third kappa shape index (κ3) is 2.86. The number of anilines is 1. The second-order valence-corrected chi connectivity index (χ2v) is 4.13. The van der Waals surface area contributed by atoms with Gasteiger partial charge in [-0.2, -0.15) is 0 Å². The summed E-state index contributed by atoms with van der Waals surface area (Å²) in [6.45, 7) is 0. The Bertz CT molecular complexity index is 404. The highest BCUT2D eigenvalue weighted by molar-refractivity contribution is 5.79. The Morgan fingerprint density at radius 2 is 2.12 bits per heavy atom. The van der Waals surface area contributed by atoms with Crippen molar-refractivity contribution in [3.63, 3.8) is 0 Å². The van der Waals surface area contributed by atoms with E-state index in [4.69, 9.17) is 5.73 Å². The third-order valence-corrected chi connectivity index (χ3v) is 2.69. The maximum absolute atomic E-state index is 11.7. The Labute approximate surface area is 95.3 Å². The molecule has 0 unspecified atom stereocenters. The van der Waals surface area contributed by atoms with Crippen molar-refractivity contribution in [1.29, 1.82) is 0 Å². The van der Waals surface area contributed by atoms with Crippen LogP contribution < -0.4 is 11.1 Å². The highest BCUT2D eigenvalue weighted by Crippen LogP contribution is 2.10. The number of nitrogen functional groups attached to an aromatic ring is 1. The standard InChI is InChI=1S/C13H16N2O/c14-11-5-3-4-10(8-11)9-13(16)15-12-6-1-2-7-12/h1-5,8,12H,6-7,9,14H2,(H,15,16). The quantitative estimate of drug-likeness (QED) is 0.596. The lowest BCUT2D eigenvalue weighted by molar-refractivity contribution is -0.121. The lowest BCUT2D eigenvalue weighted by Crippen LogP contribution is -2.33. The predicted octanol–water partition coefficient (Wildman–Crippen LogP) is 1.65. The molecule has 0 spiro atoms. The number of rotatable bonds is 3. The number of hydrogen-bond donors (Lipinski definition) is 2. The van der Waals surface area contributed by atoms with Crippen LogP contribution in [0.2, 0.25) is 0 Å². The first-order valence-electron chi connectivity index (χ1n) is 5.53. The van der Waals surface area contributed by atoms with Crippen LogP contribution in [0.15, 0.2) is 36.4 Å². The van der Waals surface area contributed by atoms with Crippen molar-refractivity contribution >= 4 is 11.6 Å². The second kappa shape index (κ2) is 4.84.